The summed E-state index contributed by atoms with van der Waals surface area (Å²) >= 11 is 1.68. The molecule has 6 heteroatoms. The van der Waals surface area contributed by atoms with Crippen LogP contribution in [-0.4, -0.2) is 40.7 Å². The first-order chi connectivity index (χ1) is 10.6. The number of aromatic amines is 1. The molecule has 1 aliphatic heterocycles. The van der Waals surface area contributed by atoms with Gasteiger partial charge in [0.15, 0.2) is 0 Å². The summed E-state index contributed by atoms with van der Waals surface area (Å²) in [5.74, 6) is 0.199. The van der Waals surface area contributed by atoms with Gasteiger partial charge in [-0.25, -0.2) is 0 Å². The fourth-order valence-corrected chi connectivity index (χ4v) is 3.62. The summed E-state index contributed by atoms with van der Waals surface area (Å²) < 4.78 is 5.79. The van der Waals surface area contributed by atoms with Crippen LogP contribution in [-0.2, 0) is 16.0 Å². The minimum absolute atomic E-state index is 0.0232. The van der Waals surface area contributed by atoms with Crippen LogP contribution >= 0.6 is 11.3 Å². The molecule has 2 aromatic rings. The number of aromatic nitrogens is 2. The van der Waals surface area contributed by atoms with E-state index in [4.69, 9.17) is 4.74 Å². The molecular weight excluding hydrogens is 298 g/mol. The van der Waals surface area contributed by atoms with Gasteiger partial charge in [0.25, 0.3) is 0 Å². The third-order valence-corrected chi connectivity index (χ3v) is 5.11. The molecule has 0 aliphatic carbocycles. The number of nitrogens with one attached hydrogen (secondary N) is 1. The van der Waals surface area contributed by atoms with Gasteiger partial charge in [-0.3, -0.25) is 9.89 Å². The molecular formula is C16H21N3O2S. The second-order valence-corrected chi connectivity index (χ2v) is 6.61. The van der Waals surface area contributed by atoms with E-state index in [1.54, 1.807) is 11.3 Å². The molecule has 1 saturated heterocycles. The molecule has 3 heterocycles. The molecule has 3 rings (SSSR count). The molecule has 2 aromatic heterocycles. The number of thiophene rings is 1. The lowest BCUT2D eigenvalue weighted by Crippen LogP contribution is -2.42. The zero-order chi connectivity index (χ0) is 15.5. The second-order valence-electron chi connectivity index (χ2n) is 5.63. The van der Waals surface area contributed by atoms with Gasteiger partial charge < -0.3 is 9.64 Å². The maximum atomic E-state index is 12.5. The lowest BCUT2D eigenvalue weighted by Gasteiger charge is -2.32. The number of H-pyrrole nitrogens is 1. The predicted molar refractivity (Wildman–Crippen MR) is 86.0 cm³/mol. The van der Waals surface area contributed by atoms with E-state index in [-0.39, 0.29) is 12.0 Å². The Kier molecular flexibility index (Phi) is 4.59. The Morgan fingerprint density at radius 3 is 3.09 bits per heavy atom. The molecule has 0 radical (unpaired) electrons. The fraction of sp³-hybridized carbons (Fsp3) is 0.500. The van der Waals surface area contributed by atoms with Crippen LogP contribution in [0, 0.1) is 13.8 Å². The molecule has 1 atom stereocenters. The van der Waals surface area contributed by atoms with E-state index < -0.39 is 0 Å². The van der Waals surface area contributed by atoms with Gasteiger partial charge in [-0.15, -0.1) is 11.3 Å². The lowest BCUT2D eigenvalue weighted by molar-refractivity contribution is -0.138. The zero-order valence-electron chi connectivity index (χ0n) is 13.0. The monoisotopic (exact) mass is 319 g/mol. The van der Waals surface area contributed by atoms with Gasteiger partial charge in [0.1, 0.15) is 6.10 Å². The standard InChI is InChI=1S/C16H21N3O2S/c1-11-13(12(2)18-17-11)5-6-16(20)19-7-8-21-14(10-19)15-4-3-9-22-15/h3-4,9,14H,5-8,10H2,1-2H3,(H,17,18). The first kappa shape index (κ1) is 15.2. The molecule has 1 amide bonds. The van der Waals surface area contributed by atoms with E-state index >= 15 is 0 Å². The quantitative estimate of drug-likeness (QED) is 0.942. The van der Waals surface area contributed by atoms with Crippen molar-refractivity contribution >= 4 is 17.2 Å². The van der Waals surface area contributed by atoms with E-state index in [1.165, 1.54) is 4.88 Å². The predicted octanol–water partition coefficient (Wildman–Crippen LogP) is 2.62. The van der Waals surface area contributed by atoms with Gasteiger partial charge in [0.2, 0.25) is 5.91 Å². The number of carbonyl (C=O) groups excluding carboxylic acids is 1. The van der Waals surface area contributed by atoms with Gasteiger partial charge in [-0.1, -0.05) is 6.07 Å². The summed E-state index contributed by atoms with van der Waals surface area (Å²) in [6.45, 7) is 5.93. The Hall–Kier alpha value is -1.66. The summed E-state index contributed by atoms with van der Waals surface area (Å²) in [5.41, 5.74) is 3.21. The molecule has 0 aromatic carbocycles. The number of rotatable bonds is 4. The van der Waals surface area contributed by atoms with Crippen molar-refractivity contribution in [2.75, 3.05) is 19.7 Å². The van der Waals surface area contributed by atoms with E-state index in [2.05, 4.69) is 16.3 Å². The van der Waals surface area contributed by atoms with Crippen molar-refractivity contribution in [3.63, 3.8) is 0 Å². The second kappa shape index (κ2) is 6.62. The van der Waals surface area contributed by atoms with Crippen LogP contribution in [0.5, 0.6) is 0 Å². The number of nitrogens with zero attached hydrogens (tertiary/aromatic N) is 2. The topological polar surface area (TPSA) is 58.2 Å². The summed E-state index contributed by atoms with van der Waals surface area (Å²) in [7, 11) is 0. The van der Waals surface area contributed by atoms with Crippen LogP contribution in [0.15, 0.2) is 17.5 Å². The zero-order valence-corrected chi connectivity index (χ0v) is 13.8. The van der Waals surface area contributed by atoms with Crippen LogP contribution < -0.4 is 0 Å². The minimum Gasteiger partial charge on any atom is -0.369 e. The summed E-state index contributed by atoms with van der Waals surface area (Å²) in [5, 5.41) is 9.20. The van der Waals surface area contributed by atoms with Gasteiger partial charge in [0, 0.05) is 23.5 Å². The first-order valence-corrected chi connectivity index (χ1v) is 8.46. The van der Waals surface area contributed by atoms with Gasteiger partial charge >= 0.3 is 0 Å². The maximum absolute atomic E-state index is 12.5. The SMILES string of the molecule is Cc1n[nH]c(C)c1CCC(=O)N1CCOC(c2cccs2)C1. The average Bonchev–Trinajstić information content (AvgIpc) is 3.16. The van der Waals surface area contributed by atoms with Crippen molar-refractivity contribution in [3.8, 4) is 0 Å². The van der Waals surface area contributed by atoms with E-state index in [9.17, 15) is 4.79 Å². The van der Waals surface area contributed by atoms with Crippen molar-refractivity contribution in [1.82, 2.24) is 15.1 Å². The van der Waals surface area contributed by atoms with E-state index in [1.807, 2.05) is 30.2 Å². The molecule has 0 bridgehead atoms. The number of hydrogen-bond acceptors (Lipinski definition) is 4. The summed E-state index contributed by atoms with van der Waals surface area (Å²) in [6.07, 6.45) is 1.29. The van der Waals surface area contributed by atoms with E-state index in [0.29, 0.717) is 26.1 Å². The molecule has 22 heavy (non-hydrogen) atoms. The Labute approximate surface area is 134 Å². The van der Waals surface area contributed by atoms with Crippen LogP contribution in [0.2, 0.25) is 0 Å². The molecule has 1 unspecified atom stereocenters. The van der Waals surface area contributed by atoms with Gasteiger partial charge in [-0.2, -0.15) is 5.10 Å². The molecule has 1 fully saturated rings. The molecule has 0 spiro atoms. The Balaban J connectivity index is 1.58. The maximum Gasteiger partial charge on any atom is 0.223 e. The van der Waals surface area contributed by atoms with Crippen molar-refractivity contribution in [2.24, 2.45) is 0 Å². The highest BCUT2D eigenvalue weighted by Crippen LogP contribution is 2.26. The Morgan fingerprint density at radius 1 is 1.55 bits per heavy atom. The highest BCUT2D eigenvalue weighted by molar-refractivity contribution is 7.10. The van der Waals surface area contributed by atoms with Crippen LogP contribution in [0.25, 0.3) is 0 Å². The summed E-state index contributed by atoms with van der Waals surface area (Å²) in [6, 6.07) is 4.09. The number of morpholine rings is 1. The van der Waals surface area contributed by atoms with E-state index in [0.717, 1.165) is 23.4 Å². The highest BCUT2D eigenvalue weighted by atomic mass is 32.1. The van der Waals surface area contributed by atoms with Crippen molar-refractivity contribution in [1.29, 1.82) is 0 Å². The number of aryl methyl sites for hydroxylation is 2. The lowest BCUT2D eigenvalue weighted by atomic mass is 10.1. The highest BCUT2D eigenvalue weighted by Gasteiger charge is 2.26. The van der Waals surface area contributed by atoms with Crippen molar-refractivity contribution in [2.45, 2.75) is 32.8 Å². The smallest absolute Gasteiger partial charge is 0.223 e. The normalized spacial score (nSPS) is 18.6. The Morgan fingerprint density at radius 2 is 2.41 bits per heavy atom. The first-order valence-electron chi connectivity index (χ1n) is 7.58. The average molecular weight is 319 g/mol. The third kappa shape index (κ3) is 3.23. The Bertz CT molecular complexity index is 616. The van der Waals surface area contributed by atoms with Crippen LogP contribution in [0.1, 0.15) is 34.4 Å². The fourth-order valence-electron chi connectivity index (χ4n) is 2.85. The van der Waals surface area contributed by atoms with Crippen LogP contribution in [0.3, 0.4) is 0 Å². The molecule has 1 aliphatic rings. The minimum atomic E-state index is 0.0232. The van der Waals surface area contributed by atoms with Crippen molar-refractivity contribution < 1.29 is 9.53 Å². The largest absolute Gasteiger partial charge is 0.369 e. The van der Waals surface area contributed by atoms with Crippen LogP contribution in [0.4, 0.5) is 0 Å². The van der Waals surface area contributed by atoms with Gasteiger partial charge in [-0.05, 0) is 37.3 Å². The van der Waals surface area contributed by atoms with Crippen molar-refractivity contribution in [3.05, 3.63) is 39.3 Å². The molecule has 5 nitrogen and oxygen atoms in total. The third-order valence-electron chi connectivity index (χ3n) is 4.15. The summed E-state index contributed by atoms with van der Waals surface area (Å²) in [4.78, 5) is 15.6. The number of carbonyl (C=O) groups is 1. The number of amides is 1. The molecule has 1 N–H and O–H groups in total. The van der Waals surface area contributed by atoms with Gasteiger partial charge in [0.05, 0.1) is 18.8 Å². The molecule has 118 valence electrons. The number of ether oxygens (including phenoxy) is 1. The number of hydrogen-bond donors (Lipinski definition) is 1. The molecule has 0 saturated carbocycles.